The minimum atomic E-state index is -0.221. The average Bonchev–Trinajstić information content (AvgIpc) is 3.45. The summed E-state index contributed by atoms with van der Waals surface area (Å²) in [7, 11) is 0. The Hall–Kier alpha value is -3.03. The number of amides is 2. The molecule has 1 aliphatic rings. The standard InChI is InChI=1S/C24H25N3O3S/c1-16-8-10-17(11-9-16)24-26-18(15-31-24)13-22(28)27-21-7-3-2-6-20(21)23(29)25-14-19-5-4-12-30-19/h2-3,6-11,15,19H,4-5,12-14H2,1H3,(H,25,29)(H,27,28). The van der Waals surface area contributed by atoms with Gasteiger partial charge in [0.05, 0.1) is 29.5 Å². The van der Waals surface area contributed by atoms with Crippen molar-refractivity contribution >= 4 is 28.8 Å². The summed E-state index contributed by atoms with van der Waals surface area (Å²) in [5, 5.41) is 8.55. The third-order valence-electron chi connectivity index (χ3n) is 5.15. The summed E-state index contributed by atoms with van der Waals surface area (Å²) in [4.78, 5) is 29.8. The van der Waals surface area contributed by atoms with Crippen LogP contribution < -0.4 is 10.6 Å². The molecule has 1 aliphatic heterocycles. The van der Waals surface area contributed by atoms with E-state index < -0.39 is 0 Å². The van der Waals surface area contributed by atoms with Crippen LogP contribution in [0, 0.1) is 6.92 Å². The molecular weight excluding hydrogens is 410 g/mol. The van der Waals surface area contributed by atoms with E-state index in [1.807, 2.05) is 36.6 Å². The first-order chi connectivity index (χ1) is 15.1. The highest BCUT2D eigenvalue weighted by atomic mass is 32.1. The third kappa shape index (κ3) is 5.57. The Morgan fingerprint density at radius 2 is 1.97 bits per heavy atom. The zero-order valence-electron chi connectivity index (χ0n) is 17.4. The highest BCUT2D eigenvalue weighted by molar-refractivity contribution is 7.13. The van der Waals surface area contributed by atoms with E-state index in [1.54, 1.807) is 24.3 Å². The zero-order chi connectivity index (χ0) is 21.6. The second-order valence-corrected chi connectivity index (χ2v) is 8.48. The van der Waals surface area contributed by atoms with Gasteiger partial charge in [-0.05, 0) is 31.9 Å². The number of nitrogens with one attached hydrogen (secondary N) is 2. The van der Waals surface area contributed by atoms with Crippen LogP contribution in [0.3, 0.4) is 0 Å². The number of carbonyl (C=O) groups excluding carboxylic acids is 2. The lowest BCUT2D eigenvalue weighted by molar-refractivity contribution is -0.115. The molecule has 0 spiro atoms. The van der Waals surface area contributed by atoms with Gasteiger partial charge in [0, 0.05) is 24.1 Å². The van der Waals surface area contributed by atoms with Gasteiger partial charge in [0.2, 0.25) is 5.91 Å². The fourth-order valence-corrected chi connectivity index (χ4v) is 4.30. The Morgan fingerprint density at radius 1 is 1.16 bits per heavy atom. The number of nitrogens with zero attached hydrogens (tertiary/aromatic N) is 1. The molecule has 1 fully saturated rings. The first-order valence-electron chi connectivity index (χ1n) is 10.4. The van der Waals surface area contributed by atoms with Crippen LogP contribution in [-0.4, -0.2) is 36.1 Å². The van der Waals surface area contributed by atoms with Gasteiger partial charge in [-0.1, -0.05) is 42.0 Å². The number of aromatic nitrogens is 1. The lowest BCUT2D eigenvalue weighted by atomic mass is 10.1. The second kappa shape index (κ2) is 9.85. The molecule has 3 aromatic rings. The first kappa shape index (κ1) is 21.2. The van der Waals surface area contributed by atoms with Gasteiger partial charge in [0.15, 0.2) is 0 Å². The lowest BCUT2D eigenvalue weighted by Crippen LogP contribution is -2.32. The summed E-state index contributed by atoms with van der Waals surface area (Å²) >= 11 is 1.52. The number of para-hydroxylation sites is 1. The van der Waals surface area contributed by atoms with Gasteiger partial charge in [0.1, 0.15) is 5.01 Å². The smallest absolute Gasteiger partial charge is 0.253 e. The Kier molecular flexibility index (Phi) is 6.74. The summed E-state index contributed by atoms with van der Waals surface area (Å²) < 4.78 is 5.55. The van der Waals surface area contributed by atoms with Crippen molar-refractivity contribution in [2.24, 2.45) is 0 Å². The number of hydrogen-bond donors (Lipinski definition) is 2. The van der Waals surface area contributed by atoms with Gasteiger partial charge in [-0.3, -0.25) is 9.59 Å². The van der Waals surface area contributed by atoms with Crippen LogP contribution in [0.2, 0.25) is 0 Å². The second-order valence-electron chi connectivity index (χ2n) is 7.63. The van der Waals surface area contributed by atoms with Gasteiger partial charge in [-0.25, -0.2) is 4.98 Å². The van der Waals surface area contributed by atoms with E-state index in [9.17, 15) is 9.59 Å². The maximum atomic E-state index is 12.6. The Bertz CT molecular complexity index is 1060. The fourth-order valence-electron chi connectivity index (χ4n) is 3.47. The molecule has 2 aromatic carbocycles. The molecule has 6 nitrogen and oxygen atoms in total. The summed E-state index contributed by atoms with van der Waals surface area (Å²) in [5.74, 6) is -0.429. The SMILES string of the molecule is Cc1ccc(-c2nc(CC(=O)Nc3ccccc3C(=O)NCC3CCCO3)cs2)cc1. The van der Waals surface area contributed by atoms with Crippen LogP contribution in [0.15, 0.2) is 53.9 Å². The van der Waals surface area contributed by atoms with Crippen molar-refractivity contribution in [1.29, 1.82) is 0 Å². The van der Waals surface area contributed by atoms with Crippen molar-refractivity contribution in [3.8, 4) is 10.6 Å². The summed E-state index contributed by atoms with van der Waals surface area (Å²) in [6, 6.07) is 15.2. The number of benzene rings is 2. The number of carbonyl (C=O) groups is 2. The minimum absolute atomic E-state index is 0.0677. The summed E-state index contributed by atoms with van der Waals surface area (Å²) in [6.07, 6.45) is 2.19. The first-order valence-corrected chi connectivity index (χ1v) is 11.3. The Balaban J connectivity index is 1.37. The van der Waals surface area contributed by atoms with Gasteiger partial charge in [-0.15, -0.1) is 11.3 Å². The van der Waals surface area contributed by atoms with E-state index in [4.69, 9.17) is 4.74 Å². The lowest BCUT2D eigenvalue weighted by Gasteiger charge is -2.13. The molecule has 0 bridgehead atoms. The maximum absolute atomic E-state index is 12.6. The molecule has 7 heteroatoms. The normalized spacial score (nSPS) is 15.6. The molecule has 0 radical (unpaired) electrons. The predicted molar refractivity (Wildman–Crippen MR) is 122 cm³/mol. The molecule has 0 aliphatic carbocycles. The molecule has 0 saturated carbocycles. The number of hydrogen-bond acceptors (Lipinski definition) is 5. The van der Waals surface area contributed by atoms with E-state index in [2.05, 4.69) is 15.6 Å². The molecule has 1 aromatic heterocycles. The molecule has 1 atom stereocenters. The van der Waals surface area contributed by atoms with Gasteiger partial charge in [-0.2, -0.15) is 0 Å². The van der Waals surface area contributed by atoms with Crippen LogP contribution in [0.4, 0.5) is 5.69 Å². The van der Waals surface area contributed by atoms with Gasteiger partial charge >= 0.3 is 0 Å². The maximum Gasteiger partial charge on any atom is 0.253 e. The highest BCUT2D eigenvalue weighted by Gasteiger charge is 2.19. The van der Waals surface area contributed by atoms with Crippen LogP contribution in [-0.2, 0) is 16.0 Å². The summed E-state index contributed by atoms with van der Waals surface area (Å²) in [5.41, 5.74) is 3.87. The topological polar surface area (TPSA) is 80.3 Å². The highest BCUT2D eigenvalue weighted by Crippen LogP contribution is 2.24. The number of ether oxygens (including phenoxy) is 1. The molecule has 31 heavy (non-hydrogen) atoms. The third-order valence-corrected chi connectivity index (χ3v) is 6.09. The fraction of sp³-hybridized carbons (Fsp3) is 0.292. The molecule has 1 unspecified atom stereocenters. The molecule has 1 saturated heterocycles. The van der Waals surface area contributed by atoms with Crippen molar-refractivity contribution in [2.45, 2.75) is 32.3 Å². The molecule has 2 N–H and O–H groups in total. The Morgan fingerprint density at radius 3 is 2.74 bits per heavy atom. The van der Waals surface area contributed by atoms with Crippen LogP contribution in [0.5, 0.6) is 0 Å². The van der Waals surface area contributed by atoms with Gasteiger partial charge in [0.25, 0.3) is 5.91 Å². The average molecular weight is 436 g/mol. The van der Waals surface area contributed by atoms with Crippen molar-refractivity contribution in [3.63, 3.8) is 0 Å². The summed E-state index contributed by atoms with van der Waals surface area (Å²) in [6.45, 7) is 3.26. The van der Waals surface area contributed by atoms with Crippen molar-refractivity contribution in [3.05, 3.63) is 70.7 Å². The van der Waals surface area contributed by atoms with E-state index in [0.29, 0.717) is 23.5 Å². The molecular formula is C24H25N3O3S. The number of aryl methyl sites for hydroxylation is 1. The van der Waals surface area contributed by atoms with E-state index in [1.165, 1.54) is 16.9 Å². The van der Waals surface area contributed by atoms with Crippen LogP contribution >= 0.6 is 11.3 Å². The van der Waals surface area contributed by atoms with E-state index >= 15 is 0 Å². The monoisotopic (exact) mass is 435 g/mol. The van der Waals surface area contributed by atoms with Crippen molar-refractivity contribution in [2.75, 3.05) is 18.5 Å². The van der Waals surface area contributed by atoms with Gasteiger partial charge < -0.3 is 15.4 Å². The van der Waals surface area contributed by atoms with E-state index in [-0.39, 0.29) is 24.3 Å². The molecule has 4 rings (SSSR count). The minimum Gasteiger partial charge on any atom is -0.376 e. The van der Waals surface area contributed by atoms with Crippen LogP contribution in [0.25, 0.3) is 10.6 Å². The van der Waals surface area contributed by atoms with E-state index in [0.717, 1.165) is 30.0 Å². The number of thiazole rings is 1. The largest absolute Gasteiger partial charge is 0.376 e. The molecule has 2 amide bonds. The van der Waals surface area contributed by atoms with Crippen molar-refractivity contribution in [1.82, 2.24) is 10.3 Å². The number of anilines is 1. The Labute approximate surface area is 185 Å². The number of rotatable bonds is 7. The predicted octanol–water partition coefficient (Wildman–Crippen LogP) is 4.21. The zero-order valence-corrected chi connectivity index (χ0v) is 18.2. The molecule has 2 heterocycles. The van der Waals surface area contributed by atoms with Crippen LogP contribution in [0.1, 0.15) is 34.5 Å². The van der Waals surface area contributed by atoms with Crippen molar-refractivity contribution < 1.29 is 14.3 Å². The quantitative estimate of drug-likeness (QED) is 0.583. The molecule has 160 valence electrons.